The van der Waals surface area contributed by atoms with Crippen LogP contribution in [-0.2, 0) is 9.13 Å². The fourth-order valence-corrected chi connectivity index (χ4v) is 12.5. The van der Waals surface area contributed by atoms with E-state index in [1.165, 1.54) is 0 Å². The number of aromatic nitrogens is 2. The van der Waals surface area contributed by atoms with Crippen molar-refractivity contribution < 1.29 is 9.13 Å². The first-order valence-electron chi connectivity index (χ1n) is 16.3. The van der Waals surface area contributed by atoms with Crippen LogP contribution in [0, 0.1) is 0 Å². The lowest BCUT2D eigenvalue weighted by molar-refractivity contribution is 0.591. The molecule has 0 aliphatic rings. The molecule has 0 amide bonds. The standard InChI is InChI=1S/C43H30N2O2P2/c46-48(31-15-5-1-6-16-31,32-17-7-2-8-18-32)35-25-27-38-39(29-35)37-23-13-14-24-41(37)45-42-28-26-36(30-40(42)44-43(38)45)49(47,33-19-9-3-10-20-33)34-21-11-4-12-22-34/h1-30H. The van der Waals surface area contributed by atoms with Gasteiger partial charge in [-0.05, 0) is 41.8 Å². The first-order valence-corrected chi connectivity index (χ1v) is 19.7. The van der Waals surface area contributed by atoms with Crippen molar-refractivity contribution in [3.8, 4) is 0 Å². The highest BCUT2D eigenvalue weighted by molar-refractivity contribution is 7.85. The Labute approximate surface area is 284 Å². The van der Waals surface area contributed by atoms with Crippen LogP contribution in [0.2, 0.25) is 0 Å². The molecule has 234 valence electrons. The van der Waals surface area contributed by atoms with E-state index in [9.17, 15) is 0 Å². The van der Waals surface area contributed by atoms with Crippen molar-refractivity contribution >= 4 is 84.5 Å². The summed E-state index contributed by atoms with van der Waals surface area (Å²) in [5.41, 5.74) is 3.51. The molecule has 49 heavy (non-hydrogen) atoms. The largest absolute Gasteiger partial charge is 0.309 e. The van der Waals surface area contributed by atoms with E-state index in [-0.39, 0.29) is 0 Å². The van der Waals surface area contributed by atoms with Crippen molar-refractivity contribution in [2.75, 3.05) is 0 Å². The monoisotopic (exact) mass is 668 g/mol. The van der Waals surface area contributed by atoms with E-state index in [1.54, 1.807) is 0 Å². The summed E-state index contributed by atoms with van der Waals surface area (Å²) in [7, 11) is -6.37. The van der Waals surface area contributed by atoms with Crippen molar-refractivity contribution in [3.63, 3.8) is 0 Å². The van der Waals surface area contributed by atoms with Gasteiger partial charge in [-0.25, -0.2) is 4.98 Å². The van der Waals surface area contributed by atoms with Crippen molar-refractivity contribution in [1.29, 1.82) is 0 Å². The third kappa shape index (κ3) is 4.56. The maximum absolute atomic E-state index is 15.3. The zero-order valence-electron chi connectivity index (χ0n) is 26.4. The minimum atomic E-state index is -3.19. The van der Waals surface area contributed by atoms with Crippen LogP contribution in [0.15, 0.2) is 182 Å². The van der Waals surface area contributed by atoms with Gasteiger partial charge in [-0.2, -0.15) is 0 Å². The Bertz CT molecular complexity index is 2680. The van der Waals surface area contributed by atoms with E-state index in [1.807, 2.05) is 152 Å². The highest BCUT2D eigenvalue weighted by atomic mass is 31.2. The molecule has 0 aliphatic carbocycles. The van der Waals surface area contributed by atoms with Gasteiger partial charge in [0.05, 0.1) is 16.6 Å². The molecule has 0 atom stereocenters. The van der Waals surface area contributed by atoms with Gasteiger partial charge < -0.3 is 9.13 Å². The van der Waals surface area contributed by atoms with Crippen LogP contribution in [0.4, 0.5) is 0 Å². The molecule has 9 aromatic rings. The summed E-state index contributed by atoms with van der Waals surface area (Å²) >= 11 is 0. The molecule has 0 saturated carbocycles. The average molecular weight is 669 g/mol. The third-order valence-electron chi connectivity index (χ3n) is 9.52. The molecule has 0 unspecified atom stereocenters. The van der Waals surface area contributed by atoms with Gasteiger partial charge in [0, 0.05) is 42.6 Å². The van der Waals surface area contributed by atoms with Crippen molar-refractivity contribution in [3.05, 3.63) is 182 Å². The second-order valence-corrected chi connectivity index (χ2v) is 17.8. The molecule has 0 bridgehead atoms. The first kappa shape index (κ1) is 29.6. The molecule has 0 aliphatic heterocycles. The first-order chi connectivity index (χ1) is 24.1. The quantitative estimate of drug-likeness (QED) is 0.133. The fraction of sp³-hybridized carbons (Fsp3) is 0. The Morgan fingerprint density at radius 1 is 0.367 bits per heavy atom. The summed E-state index contributed by atoms with van der Waals surface area (Å²) in [6.07, 6.45) is 0. The lowest BCUT2D eigenvalue weighted by Crippen LogP contribution is -2.25. The Kier molecular flexibility index (Phi) is 6.99. The van der Waals surface area contributed by atoms with Gasteiger partial charge >= 0.3 is 0 Å². The number of hydrogen-bond acceptors (Lipinski definition) is 3. The van der Waals surface area contributed by atoms with E-state index in [0.29, 0.717) is 0 Å². The van der Waals surface area contributed by atoms with Crippen LogP contribution in [0.25, 0.3) is 38.4 Å². The lowest BCUT2D eigenvalue weighted by atomic mass is 10.1. The summed E-state index contributed by atoms with van der Waals surface area (Å²) in [5, 5.41) is 7.67. The summed E-state index contributed by atoms with van der Waals surface area (Å²) in [4.78, 5) is 5.24. The van der Waals surface area contributed by atoms with E-state index < -0.39 is 14.3 Å². The predicted octanol–water partition coefficient (Wildman–Crippen LogP) is 8.07. The Hall–Kier alpha value is -5.53. The number of fused-ring (bicyclic) bond motifs is 8. The van der Waals surface area contributed by atoms with Crippen LogP contribution in [-0.4, -0.2) is 9.38 Å². The zero-order chi connectivity index (χ0) is 33.0. The number of benzene rings is 7. The number of pyridine rings is 1. The van der Waals surface area contributed by atoms with Crippen LogP contribution in [0.3, 0.4) is 0 Å². The number of para-hydroxylation sites is 1. The van der Waals surface area contributed by atoms with Crippen LogP contribution >= 0.6 is 14.3 Å². The van der Waals surface area contributed by atoms with Crippen molar-refractivity contribution in [2.45, 2.75) is 0 Å². The third-order valence-corrected chi connectivity index (χ3v) is 15.6. The Morgan fingerprint density at radius 3 is 1.35 bits per heavy atom. The van der Waals surface area contributed by atoms with Gasteiger partial charge in [0.1, 0.15) is 5.65 Å². The highest BCUT2D eigenvalue weighted by Gasteiger charge is 2.32. The second-order valence-electron chi connectivity index (χ2n) is 12.3. The van der Waals surface area contributed by atoms with E-state index in [0.717, 1.165) is 70.2 Å². The Balaban J connectivity index is 1.31. The molecular formula is C43H30N2O2P2. The highest BCUT2D eigenvalue weighted by Crippen LogP contribution is 2.45. The molecule has 0 N–H and O–H groups in total. The van der Waals surface area contributed by atoms with Gasteiger partial charge in [-0.1, -0.05) is 146 Å². The smallest absolute Gasteiger partial charge is 0.171 e. The fourth-order valence-electron chi connectivity index (χ4n) is 7.18. The Morgan fingerprint density at radius 2 is 0.816 bits per heavy atom. The molecular weight excluding hydrogens is 638 g/mol. The molecule has 4 nitrogen and oxygen atoms in total. The SMILES string of the molecule is O=P(c1ccccc1)(c1ccccc1)c1ccc2c(c1)nc1c3ccc(P(=O)(c4ccccc4)c4ccccc4)cc3c3ccccc3n21. The second kappa shape index (κ2) is 11.6. The molecule has 9 rings (SSSR count). The maximum Gasteiger partial charge on any atom is 0.171 e. The molecule has 7 aromatic carbocycles. The van der Waals surface area contributed by atoms with Gasteiger partial charge in [0.2, 0.25) is 0 Å². The summed E-state index contributed by atoms with van der Waals surface area (Å²) < 4.78 is 32.7. The normalized spacial score (nSPS) is 12.2. The molecule has 0 saturated heterocycles. The van der Waals surface area contributed by atoms with Gasteiger partial charge in [0.25, 0.3) is 0 Å². The van der Waals surface area contributed by atoms with Crippen molar-refractivity contribution in [2.24, 2.45) is 0 Å². The van der Waals surface area contributed by atoms with Gasteiger partial charge in [0.15, 0.2) is 14.3 Å². The van der Waals surface area contributed by atoms with Gasteiger partial charge in [-0.15, -0.1) is 0 Å². The van der Waals surface area contributed by atoms with Crippen LogP contribution < -0.4 is 31.8 Å². The minimum absolute atomic E-state index is 0.739. The van der Waals surface area contributed by atoms with Crippen molar-refractivity contribution in [1.82, 2.24) is 9.38 Å². The number of nitrogens with zero attached hydrogens (tertiary/aromatic N) is 2. The minimum Gasteiger partial charge on any atom is -0.309 e. The van der Waals surface area contributed by atoms with Crippen LogP contribution in [0.1, 0.15) is 0 Å². The molecule has 0 radical (unpaired) electrons. The summed E-state index contributed by atoms with van der Waals surface area (Å²) in [6.45, 7) is 0. The zero-order valence-corrected chi connectivity index (χ0v) is 28.2. The molecule has 0 spiro atoms. The lowest BCUT2D eigenvalue weighted by Gasteiger charge is -2.21. The van der Waals surface area contributed by atoms with Gasteiger partial charge in [-0.3, -0.25) is 4.40 Å². The average Bonchev–Trinajstić information content (AvgIpc) is 3.58. The van der Waals surface area contributed by atoms with E-state index in [2.05, 4.69) is 34.7 Å². The summed E-state index contributed by atoms with van der Waals surface area (Å²) in [5.74, 6) is 0. The molecule has 6 heteroatoms. The number of rotatable bonds is 6. The topological polar surface area (TPSA) is 51.4 Å². The molecule has 2 heterocycles. The molecule has 0 fully saturated rings. The van der Waals surface area contributed by atoms with E-state index in [4.69, 9.17) is 4.98 Å². The number of imidazole rings is 1. The number of hydrogen-bond donors (Lipinski definition) is 0. The summed E-state index contributed by atoms with van der Waals surface area (Å²) in [6, 6.07) is 59.5. The van der Waals surface area contributed by atoms with E-state index >= 15 is 9.13 Å². The predicted molar refractivity (Wildman–Crippen MR) is 206 cm³/mol. The maximum atomic E-state index is 15.3. The van der Waals surface area contributed by atoms with Crippen LogP contribution in [0.5, 0.6) is 0 Å². The molecule has 2 aromatic heterocycles.